The van der Waals surface area contributed by atoms with Crippen LogP contribution in [0.2, 0.25) is 0 Å². The minimum absolute atomic E-state index is 0.0509. The van der Waals surface area contributed by atoms with Gasteiger partial charge in [0.1, 0.15) is 0 Å². The molecule has 96 valence electrons. The molecule has 5 nitrogen and oxygen atoms in total. The van der Waals surface area contributed by atoms with Gasteiger partial charge in [0.2, 0.25) is 10.0 Å². The molecule has 6 heteroatoms. The first-order chi connectivity index (χ1) is 7.60. The lowest BCUT2D eigenvalue weighted by Gasteiger charge is -2.31. The zero-order valence-corrected chi connectivity index (χ0v) is 10.6. The molecule has 0 spiro atoms. The van der Waals surface area contributed by atoms with Crippen molar-refractivity contribution in [2.45, 2.75) is 19.3 Å². The Hall–Kier alpha value is -0.170. The Morgan fingerprint density at radius 2 is 2.25 bits per heavy atom. The number of methoxy groups -OCH3 is 1. The van der Waals surface area contributed by atoms with Crippen molar-refractivity contribution in [2.75, 3.05) is 39.2 Å². The van der Waals surface area contributed by atoms with Crippen molar-refractivity contribution in [1.29, 1.82) is 0 Å². The molecular formula is C10H21NO4S. The number of aliphatic hydroxyl groups excluding tert-OH is 1. The van der Waals surface area contributed by atoms with Gasteiger partial charge in [0.25, 0.3) is 0 Å². The lowest BCUT2D eigenvalue weighted by atomic mass is 9.97. The van der Waals surface area contributed by atoms with Crippen molar-refractivity contribution in [1.82, 2.24) is 4.31 Å². The minimum Gasteiger partial charge on any atom is -0.396 e. The van der Waals surface area contributed by atoms with Crippen LogP contribution < -0.4 is 0 Å². The third-order valence-electron chi connectivity index (χ3n) is 2.96. The molecule has 1 heterocycles. The number of piperidine rings is 1. The molecule has 0 aliphatic carbocycles. The summed E-state index contributed by atoms with van der Waals surface area (Å²) in [6.45, 7) is 1.53. The standard InChI is InChI=1S/C10H21NO4S/c1-15-7-8-16(13,14)11-5-2-3-10(9-11)4-6-12/h10,12H,2-9H2,1H3. The van der Waals surface area contributed by atoms with E-state index in [1.807, 2.05) is 0 Å². The number of ether oxygens (including phenoxy) is 1. The molecule has 0 aromatic heterocycles. The third-order valence-corrected chi connectivity index (χ3v) is 4.76. The van der Waals surface area contributed by atoms with Gasteiger partial charge >= 0.3 is 0 Å². The smallest absolute Gasteiger partial charge is 0.216 e. The van der Waals surface area contributed by atoms with Crippen molar-refractivity contribution in [3.05, 3.63) is 0 Å². The normalized spacial score (nSPS) is 23.5. The second-order valence-corrected chi connectivity index (χ2v) is 6.28. The number of hydrogen-bond acceptors (Lipinski definition) is 4. The van der Waals surface area contributed by atoms with Crippen LogP contribution in [-0.2, 0) is 14.8 Å². The lowest BCUT2D eigenvalue weighted by Crippen LogP contribution is -2.41. The summed E-state index contributed by atoms with van der Waals surface area (Å²) in [5, 5.41) is 8.86. The fourth-order valence-electron chi connectivity index (χ4n) is 2.02. The molecule has 0 bridgehead atoms. The molecular weight excluding hydrogens is 230 g/mol. The summed E-state index contributed by atoms with van der Waals surface area (Å²) in [6, 6.07) is 0. The van der Waals surface area contributed by atoms with E-state index in [9.17, 15) is 8.42 Å². The van der Waals surface area contributed by atoms with Gasteiger partial charge in [0, 0.05) is 26.8 Å². The van der Waals surface area contributed by atoms with Crippen LogP contribution >= 0.6 is 0 Å². The maximum absolute atomic E-state index is 11.9. The molecule has 1 aliphatic heterocycles. The van der Waals surface area contributed by atoms with E-state index in [1.54, 1.807) is 0 Å². The highest BCUT2D eigenvalue weighted by Gasteiger charge is 2.28. The molecule has 1 N–H and O–H groups in total. The van der Waals surface area contributed by atoms with Crippen LogP contribution in [0.4, 0.5) is 0 Å². The minimum atomic E-state index is -3.17. The second kappa shape index (κ2) is 6.54. The first-order valence-electron chi connectivity index (χ1n) is 5.67. The van der Waals surface area contributed by atoms with Crippen LogP contribution in [0.25, 0.3) is 0 Å². The summed E-state index contributed by atoms with van der Waals surface area (Å²) in [4.78, 5) is 0. The maximum Gasteiger partial charge on any atom is 0.216 e. The van der Waals surface area contributed by atoms with Crippen LogP contribution in [-0.4, -0.2) is 57.0 Å². The summed E-state index contributed by atoms with van der Waals surface area (Å²) < 4.78 is 30.1. The number of nitrogens with zero attached hydrogens (tertiary/aromatic N) is 1. The molecule has 1 fully saturated rings. The van der Waals surface area contributed by atoms with Gasteiger partial charge in [-0.1, -0.05) is 0 Å². The predicted molar refractivity (Wildman–Crippen MR) is 61.7 cm³/mol. The van der Waals surface area contributed by atoms with Gasteiger partial charge in [-0.15, -0.1) is 0 Å². The van der Waals surface area contributed by atoms with E-state index in [4.69, 9.17) is 9.84 Å². The largest absolute Gasteiger partial charge is 0.396 e. The topological polar surface area (TPSA) is 66.8 Å². The fraction of sp³-hybridized carbons (Fsp3) is 1.00. The zero-order chi connectivity index (χ0) is 12.0. The second-order valence-electron chi connectivity index (χ2n) is 4.19. The lowest BCUT2D eigenvalue weighted by molar-refractivity contribution is 0.197. The van der Waals surface area contributed by atoms with Crippen LogP contribution in [0.3, 0.4) is 0 Å². The molecule has 0 amide bonds. The Morgan fingerprint density at radius 1 is 1.50 bits per heavy atom. The van der Waals surface area contributed by atoms with Crippen LogP contribution in [0.5, 0.6) is 0 Å². The van der Waals surface area contributed by atoms with Gasteiger partial charge in [0.05, 0.1) is 12.4 Å². The van der Waals surface area contributed by atoms with Crippen LogP contribution in [0, 0.1) is 5.92 Å². The summed E-state index contributed by atoms with van der Waals surface area (Å²) in [6.07, 6.45) is 2.59. The van der Waals surface area contributed by atoms with Crippen molar-refractivity contribution >= 4 is 10.0 Å². The quantitative estimate of drug-likeness (QED) is 0.725. The monoisotopic (exact) mass is 251 g/mol. The summed E-state index contributed by atoms with van der Waals surface area (Å²) in [5.41, 5.74) is 0. The Kier molecular flexibility index (Phi) is 5.68. The van der Waals surface area contributed by atoms with E-state index >= 15 is 0 Å². The van der Waals surface area contributed by atoms with Crippen molar-refractivity contribution in [3.63, 3.8) is 0 Å². The highest BCUT2D eigenvalue weighted by Crippen LogP contribution is 2.21. The first-order valence-corrected chi connectivity index (χ1v) is 7.28. The summed E-state index contributed by atoms with van der Waals surface area (Å²) in [7, 11) is -1.67. The van der Waals surface area contributed by atoms with E-state index in [0.29, 0.717) is 25.4 Å². The molecule has 0 aromatic rings. The van der Waals surface area contributed by atoms with E-state index in [0.717, 1.165) is 12.8 Å². The van der Waals surface area contributed by atoms with E-state index < -0.39 is 10.0 Å². The summed E-state index contributed by atoms with van der Waals surface area (Å²) in [5.74, 6) is 0.353. The van der Waals surface area contributed by atoms with E-state index in [2.05, 4.69) is 0 Å². The molecule has 1 rings (SSSR count). The van der Waals surface area contributed by atoms with Gasteiger partial charge < -0.3 is 9.84 Å². The van der Waals surface area contributed by atoms with Gasteiger partial charge in [-0.2, -0.15) is 0 Å². The Balaban J connectivity index is 2.52. The summed E-state index contributed by atoms with van der Waals surface area (Å²) >= 11 is 0. The Labute approximate surface area is 97.4 Å². The van der Waals surface area contributed by atoms with E-state index in [-0.39, 0.29) is 19.0 Å². The molecule has 1 aliphatic rings. The molecule has 16 heavy (non-hydrogen) atoms. The average Bonchev–Trinajstić information content (AvgIpc) is 2.27. The van der Waals surface area contributed by atoms with Crippen LogP contribution in [0.15, 0.2) is 0 Å². The average molecular weight is 251 g/mol. The molecule has 0 aromatic carbocycles. The first kappa shape index (κ1) is 13.9. The molecule has 1 unspecified atom stereocenters. The Bertz CT molecular complexity index is 289. The number of hydrogen-bond donors (Lipinski definition) is 1. The zero-order valence-electron chi connectivity index (χ0n) is 9.76. The number of sulfonamides is 1. The molecule has 1 saturated heterocycles. The fourth-order valence-corrected chi connectivity index (χ4v) is 3.50. The van der Waals surface area contributed by atoms with Crippen molar-refractivity contribution in [2.24, 2.45) is 5.92 Å². The highest BCUT2D eigenvalue weighted by molar-refractivity contribution is 7.89. The maximum atomic E-state index is 11.9. The molecule has 0 radical (unpaired) electrons. The predicted octanol–water partition coefficient (Wildman–Crippen LogP) is 0.0570. The molecule has 1 atom stereocenters. The van der Waals surface area contributed by atoms with Crippen molar-refractivity contribution < 1.29 is 18.3 Å². The third kappa shape index (κ3) is 4.01. The van der Waals surface area contributed by atoms with Gasteiger partial charge in [-0.25, -0.2) is 12.7 Å². The Morgan fingerprint density at radius 3 is 2.88 bits per heavy atom. The number of aliphatic hydroxyl groups is 1. The SMILES string of the molecule is COCCS(=O)(=O)N1CCCC(CCO)C1. The van der Waals surface area contributed by atoms with Crippen LogP contribution in [0.1, 0.15) is 19.3 Å². The van der Waals surface area contributed by atoms with Gasteiger partial charge in [-0.05, 0) is 25.2 Å². The highest BCUT2D eigenvalue weighted by atomic mass is 32.2. The molecule has 0 saturated carbocycles. The van der Waals surface area contributed by atoms with E-state index in [1.165, 1.54) is 11.4 Å². The van der Waals surface area contributed by atoms with Crippen molar-refractivity contribution in [3.8, 4) is 0 Å². The van der Waals surface area contributed by atoms with Gasteiger partial charge in [-0.3, -0.25) is 0 Å². The number of rotatable bonds is 6. The van der Waals surface area contributed by atoms with Gasteiger partial charge in [0.15, 0.2) is 0 Å².